The van der Waals surface area contributed by atoms with Crippen LogP contribution in [0.5, 0.6) is 5.75 Å². The summed E-state index contributed by atoms with van der Waals surface area (Å²) in [5.41, 5.74) is 1.97. The van der Waals surface area contributed by atoms with E-state index in [0.717, 1.165) is 12.0 Å². The van der Waals surface area contributed by atoms with Gasteiger partial charge in [-0.05, 0) is 63.8 Å². The van der Waals surface area contributed by atoms with Crippen molar-refractivity contribution in [2.24, 2.45) is 0 Å². The van der Waals surface area contributed by atoms with E-state index in [0.29, 0.717) is 18.7 Å². The second-order valence-corrected chi connectivity index (χ2v) is 8.52. The fraction of sp³-hybridized carbons (Fsp3) is 0.440. The molecule has 0 fully saturated rings. The predicted molar refractivity (Wildman–Crippen MR) is 121 cm³/mol. The summed E-state index contributed by atoms with van der Waals surface area (Å²) in [7, 11) is 0. The molecule has 0 aliphatic carbocycles. The van der Waals surface area contributed by atoms with Crippen LogP contribution >= 0.6 is 0 Å². The van der Waals surface area contributed by atoms with E-state index in [1.54, 1.807) is 11.8 Å². The first-order valence-electron chi connectivity index (χ1n) is 10.6. The zero-order valence-corrected chi connectivity index (χ0v) is 18.8. The van der Waals surface area contributed by atoms with E-state index < -0.39 is 6.04 Å². The number of carbonyl (C=O) groups excluding carboxylic acids is 2. The Morgan fingerprint density at radius 3 is 2.20 bits per heavy atom. The van der Waals surface area contributed by atoms with Crippen LogP contribution in [-0.4, -0.2) is 41.4 Å². The number of aryl methyl sites for hydroxylation is 1. The molecule has 0 spiro atoms. The maximum atomic E-state index is 13.0. The number of hydrogen-bond acceptors (Lipinski definition) is 3. The highest BCUT2D eigenvalue weighted by Crippen LogP contribution is 2.14. The second kappa shape index (κ2) is 10.8. The Balaban J connectivity index is 2.07. The maximum Gasteiger partial charge on any atom is 0.261 e. The monoisotopic (exact) mass is 410 g/mol. The van der Waals surface area contributed by atoms with Crippen molar-refractivity contribution in [1.82, 2.24) is 10.2 Å². The molecule has 0 saturated heterocycles. The molecule has 2 aromatic carbocycles. The van der Waals surface area contributed by atoms with E-state index in [2.05, 4.69) is 12.2 Å². The SMILES string of the molecule is CCc1ccc(OCC(=O)N(CCc2ccccc2)[C@H](C)C(=O)NC(C)(C)C)cc1. The zero-order valence-electron chi connectivity index (χ0n) is 18.8. The van der Waals surface area contributed by atoms with Gasteiger partial charge >= 0.3 is 0 Å². The molecule has 5 nitrogen and oxygen atoms in total. The number of nitrogens with zero attached hydrogens (tertiary/aromatic N) is 1. The van der Waals surface area contributed by atoms with Crippen molar-refractivity contribution in [3.05, 3.63) is 65.7 Å². The molecular weight excluding hydrogens is 376 g/mol. The van der Waals surface area contributed by atoms with E-state index in [1.807, 2.05) is 75.4 Å². The Morgan fingerprint density at radius 1 is 1.00 bits per heavy atom. The lowest BCUT2D eigenvalue weighted by Crippen LogP contribution is -2.53. The molecule has 0 unspecified atom stereocenters. The Bertz CT molecular complexity index is 811. The third kappa shape index (κ3) is 7.54. The lowest BCUT2D eigenvalue weighted by Gasteiger charge is -2.31. The number of nitrogens with one attached hydrogen (secondary N) is 1. The first kappa shape index (κ1) is 23.5. The fourth-order valence-corrected chi connectivity index (χ4v) is 3.09. The summed E-state index contributed by atoms with van der Waals surface area (Å²) in [6, 6.07) is 17.1. The van der Waals surface area contributed by atoms with Crippen LogP contribution < -0.4 is 10.1 Å². The van der Waals surface area contributed by atoms with E-state index in [4.69, 9.17) is 4.74 Å². The molecule has 0 saturated carbocycles. The molecule has 0 aliphatic rings. The molecule has 162 valence electrons. The number of benzene rings is 2. The lowest BCUT2D eigenvalue weighted by atomic mass is 10.1. The molecule has 1 N–H and O–H groups in total. The molecule has 1 atom stereocenters. The summed E-state index contributed by atoms with van der Waals surface area (Å²) in [5, 5.41) is 2.97. The molecule has 2 amide bonds. The molecule has 0 heterocycles. The van der Waals surface area contributed by atoms with E-state index in [1.165, 1.54) is 5.56 Å². The third-order valence-electron chi connectivity index (χ3n) is 4.84. The standard InChI is InChI=1S/C25H34N2O3/c1-6-20-12-14-22(15-13-20)30-18-23(28)27(17-16-21-10-8-7-9-11-21)19(2)24(29)26-25(3,4)5/h7-15,19H,6,16-18H2,1-5H3,(H,26,29)/t19-/m1/s1. The molecule has 30 heavy (non-hydrogen) atoms. The molecule has 0 aliphatic heterocycles. The van der Waals surface area contributed by atoms with Crippen LogP contribution in [0.3, 0.4) is 0 Å². The Labute approximate surface area is 180 Å². The highest BCUT2D eigenvalue weighted by Gasteiger charge is 2.28. The smallest absolute Gasteiger partial charge is 0.261 e. The van der Waals surface area contributed by atoms with Crippen molar-refractivity contribution in [2.75, 3.05) is 13.2 Å². The van der Waals surface area contributed by atoms with E-state index in [-0.39, 0.29) is 24.0 Å². The highest BCUT2D eigenvalue weighted by atomic mass is 16.5. The fourth-order valence-electron chi connectivity index (χ4n) is 3.09. The summed E-state index contributed by atoms with van der Waals surface area (Å²) in [6.07, 6.45) is 1.62. The van der Waals surface area contributed by atoms with Gasteiger partial charge in [0.05, 0.1) is 0 Å². The number of carbonyl (C=O) groups is 2. The van der Waals surface area contributed by atoms with Gasteiger partial charge in [0, 0.05) is 12.1 Å². The van der Waals surface area contributed by atoms with Gasteiger partial charge in [-0.15, -0.1) is 0 Å². The number of amides is 2. The van der Waals surface area contributed by atoms with Gasteiger partial charge in [0.2, 0.25) is 5.91 Å². The zero-order chi connectivity index (χ0) is 22.1. The number of rotatable bonds is 9. The average Bonchev–Trinajstić information content (AvgIpc) is 2.72. The molecule has 5 heteroatoms. The van der Waals surface area contributed by atoms with Crippen molar-refractivity contribution in [3.63, 3.8) is 0 Å². The van der Waals surface area contributed by atoms with Gasteiger partial charge < -0.3 is 15.0 Å². The summed E-state index contributed by atoms with van der Waals surface area (Å²) in [5.74, 6) is 0.272. The summed E-state index contributed by atoms with van der Waals surface area (Å²) >= 11 is 0. The van der Waals surface area contributed by atoms with Crippen LogP contribution in [0.25, 0.3) is 0 Å². The summed E-state index contributed by atoms with van der Waals surface area (Å²) in [4.78, 5) is 27.3. The molecule has 2 rings (SSSR count). The van der Waals surface area contributed by atoms with Crippen LogP contribution in [0.15, 0.2) is 54.6 Å². The van der Waals surface area contributed by atoms with Crippen LogP contribution in [-0.2, 0) is 22.4 Å². The van der Waals surface area contributed by atoms with Crippen molar-refractivity contribution >= 4 is 11.8 Å². The number of hydrogen-bond donors (Lipinski definition) is 1. The normalized spacial score (nSPS) is 12.2. The maximum absolute atomic E-state index is 13.0. The van der Waals surface area contributed by atoms with Gasteiger partial charge in [-0.2, -0.15) is 0 Å². The van der Waals surface area contributed by atoms with E-state index in [9.17, 15) is 9.59 Å². The van der Waals surface area contributed by atoms with Crippen molar-refractivity contribution in [3.8, 4) is 5.75 Å². The molecule has 0 bridgehead atoms. The van der Waals surface area contributed by atoms with Crippen LogP contribution in [0.1, 0.15) is 45.7 Å². The van der Waals surface area contributed by atoms with Crippen LogP contribution in [0, 0.1) is 0 Å². The Hall–Kier alpha value is -2.82. The quantitative estimate of drug-likeness (QED) is 0.680. The van der Waals surface area contributed by atoms with Gasteiger partial charge in [-0.1, -0.05) is 49.4 Å². The predicted octanol–water partition coefficient (Wildman–Crippen LogP) is 4.00. The molecular formula is C25H34N2O3. The van der Waals surface area contributed by atoms with Gasteiger partial charge in [0.1, 0.15) is 11.8 Å². The van der Waals surface area contributed by atoms with Crippen molar-refractivity contribution in [1.29, 1.82) is 0 Å². The summed E-state index contributed by atoms with van der Waals surface area (Å²) in [6.45, 7) is 9.98. The van der Waals surface area contributed by atoms with Gasteiger partial charge in [0.15, 0.2) is 6.61 Å². The minimum atomic E-state index is -0.591. The first-order valence-corrected chi connectivity index (χ1v) is 10.6. The summed E-state index contributed by atoms with van der Waals surface area (Å²) < 4.78 is 5.71. The highest BCUT2D eigenvalue weighted by molar-refractivity contribution is 5.88. The lowest BCUT2D eigenvalue weighted by molar-refractivity contribution is -0.142. The molecule has 2 aromatic rings. The average molecular weight is 411 g/mol. The first-order chi connectivity index (χ1) is 14.2. The number of ether oxygens (including phenoxy) is 1. The molecule has 0 radical (unpaired) electrons. The van der Waals surface area contributed by atoms with Crippen molar-refractivity contribution in [2.45, 2.75) is 59.0 Å². The third-order valence-corrected chi connectivity index (χ3v) is 4.84. The van der Waals surface area contributed by atoms with Gasteiger partial charge in [-0.3, -0.25) is 9.59 Å². The topological polar surface area (TPSA) is 58.6 Å². The largest absolute Gasteiger partial charge is 0.484 e. The van der Waals surface area contributed by atoms with E-state index >= 15 is 0 Å². The molecule has 0 aromatic heterocycles. The van der Waals surface area contributed by atoms with Gasteiger partial charge in [-0.25, -0.2) is 0 Å². The van der Waals surface area contributed by atoms with Crippen molar-refractivity contribution < 1.29 is 14.3 Å². The van der Waals surface area contributed by atoms with Crippen LogP contribution in [0.4, 0.5) is 0 Å². The Kier molecular flexibility index (Phi) is 8.46. The van der Waals surface area contributed by atoms with Crippen LogP contribution in [0.2, 0.25) is 0 Å². The second-order valence-electron chi connectivity index (χ2n) is 8.52. The Morgan fingerprint density at radius 2 is 1.63 bits per heavy atom. The minimum absolute atomic E-state index is 0.104. The van der Waals surface area contributed by atoms with Gasteiger partial charge in [0.25, 0.3) is 5.91 Å². The minimum Gasteiger partial charge on any atom is -0.484 e.